The summed E-state index contributed by atoms with van der Waals surface area (Å²) in [5.74, 6) is 0.482. The Balaban J connectivity index is 2.27. The Morgan fingerprint density at radius 1 is 1.33 bits per heavy atom. The van der Waals surface area contributed by atoms with Gasteiger partial charge < -0.3 is 5.73 Å². The van der Waals surface area contributed by atoms with Crippen LogP contribution in [0.15, 0.2) is 36.7 Å². The molecule has 0 aliphatic heterocycles. The number of anilines is 1. The van der Waals surface area contributed by atoms with Crippen molar-refractivity contribution in [2.75, 3.05) is 5.73 Å². The number of nitrogens with two attached hydrogens (primary N) is 1. The van der Waals surface area contributed by atoms with Gasteiger partial charge in [-0.1, -0.05) is 6.07 Å². The highest BCUT2D eigenvalue weighted by Crippen LogP contribution is 2.19. The van der Waals surface area contributed by atoms with Gasteiger partial charge in [0.2, 0.25) is 0 Å². The van der Waals surface area contributed by atoms with Crippen molar-refractivity contribution in [1.82, 2.24) is 19.6 Å². The van der Waals surface area contributed by atoms with Crippen LogP contribution in [0.2, 0.25) is 0 Å². The Bertz CT molecular complexity index is 607. The van der Waals surface area contributed by atoms with E-state index in [1.807, 2.05) is 28.8 Å². The maximum absolute atomic E-state index is 5.56. The number of nitrogen functional groups attached to an aromatic ring is 1. The van der Waals surface area contributed by atoms with Gasteiger partial charge in [-0.05, 0) is 12.1 Å². The fourth-order valence-corrected chi connectivity index (χ4v) is 1.60. The normalized spacial score (nSPS) is 10.9. The molecule has 0 saturated heterocycles. The predicted molar refractivity (Wildman–Crippen MR) is 57.2 cm³/mol. The zero-order valence-corrected chi connectivity index (χ0v) is 7.88. The second kappa shape index (κ2) is 2.84. The number of nitrogens with one attached hydrogen (secondary N) is 1. The molecule has 0 bridgehead atoms. The van der Waals surface area contributed by atoms with Crippen LogP contribution in [-0.2, 0) is 0 Å². The van der Waals surface area contributed by atoms with E-state index in [1.165, 1.54) is 0 Å². The van der Waals surface area contributed by atoms with E-state index < -0.39 is 0 Å². The smallest absolute Gasteiger partial charge is 0.145 e. The van der Waals surface area contributed by atoms with Crippen LogP contribution in [0.3, 0.4) is 0 Å². The number of rotatable bonds is 1. The molecule has 0 aliphatic carbocycles. The summed E-state index contributed by atoms with van der Waals surface area (Å²) in [5.41, 5.74) is 8.28. The SMILES string of the molecule is Nc1cc(-c2cnc3ccccn23)[nH]n1. The molecule has 0 unspecified atom stereocenters. The quantitative estimate of drug-likeness (QED) is 0.620. The summed E-state index contributed by atoms with van der Waals surface area (Å²) >= 11 is 0. The zero-order chi connectivity index (χ0) is 10.3. The van der Waals surface area contributed by atoms with Crippen LogP contribution in [0.4, 0.5) is 5.82 Å². The van der Waals surface area contributed by atoms with Crippen molar-refractivity contribution in [3.63, 3.8) is 0 Å². The number of aromatic nitrogens is 4. The van der Waals surface area contributed by atoms with Gasteiger partial charge in [-0.2, -0.15) is 5.10 Å². The topological polar surface area (TPSA) is 72.0 Å². The molecule has 3 aromatic rings. The third-order valence-electron chi connectivity index (χ3n) is 2.29. The molecule has 0 aromatic carbocycles. The van der Waals surface area contributed by atoms with Gasteiger partial charge in [0.25, 0.3) is 0 Å². The number of nitrogens with zero attached hydrogens (tertiary/aromatic N) is 3. The number of hydrogen-bond donors (Lipinski definition) is 2. The molecule has 15 heavy (non-hydrogen) atoms. The first-order chi connectivity index (χ1) is 7.34. The fraction of sp³-hybridized carbons (Fsp3) is 0. The van der Waals surface area contributed by atoms with E-state index in [4.69, 9.17) is 5.73 Å². The highest BCUT2D eigenvalue weighted by atomic mass is 15.2. The van der Waals surface area contributed by atoms with Crippen molar-refractivity contribution in [2.24, 2.45) is 0 Å². The maximum atomic E-state index is 5.56. The molecule has 0 aliphatic rings. The number of pyridine rings is 1. The highest BCUT2D eigenvalue weighted by Gasteiger charge is 2.06. The standard InChI is InChI=1S/C10H9N5/c11-9-5-7(13-14-9)8-6-12-10-3-1-2-4-15(8)10/h1-6H,(H3,11,13,14). The summed E-state index contributed by atoms with van der Waals surface area (Å²) in [6.07, 6.45) is 3.75. The molecule has 3 aromatic heterocycles. The van der Waals surface area contributed by atoms with Crippen LogP contribution in [0.5, 0.6) is 0 Å². The molecule has 0 spiro atoms. The number of aromatic amines is 1. The van der Waals surface area contributed by atoms with E-state index >= 15 is 0 Å². The van der Waals surface area contributed by atoms with Gasteiger partial charge in [0.05, 0.1) is 17.6 Å². The van der Waals surface area contributed by atoms with Crippen LogP contribution in [0.25, 0.3) is 17.0 Å². The van der Waals surface area contributed by atoms with Gasteiger partial charge in [0, 0.05) is 12.3 Å². The van der Waals surface area contributed by atoms with Gasteiger partial charge in [0.1, 0.15) is 11.5 Å². The molecule has 3 heterocycles. The summed E-state index contributed by atoms with van der Waals surface area (Å²) in [7, 11) is 0. The molecule has 0 saturated carbocycles. The van der Waals surface area contributed by atoms with Crippen LogP contribution in [0, 0.1) is 0 Å². The Morgan fingerprint density at radius 3 is 3.07 bits per heavy atom. The van der Waals surface area contributed by atoms with E-state index in [1.54, 1.807) is 12.3 Å². The van der Waals surface area contributed by atoms with Crippen molar-refractivity contribution in [1.29, 1.82) is 0 Å². The minimum absolute atomic E-state index is 0.482. The minimum atomic E-state index is 0.482. The third kappa shape index (κ3) is 1.17. The van der Waals surface area contributed by atoms with E-state index in [2.05, 4.69) is 15.2 Å². The Morgan fingerprint density at radius 2 is 2.27 bits per heavy atom. The summed E-state index contributed by atoms with van der Waals surface area (Å²) in [6.45, 7) is 0. The summed E-state index contributed by atoms with van der Waals surface area (Å²) < 4.78 is 1.98. The van der Waals surface area contributed by atoms with Crippen LogP contribution >= 0.6 is 0 Å². The second-order valence-electron chi connectivity index (χ2n) is 3.28. The largest absolute Gasteiger partial charge is 0.382 e. The molecule has 5 heteroatoms. The number of H-pyrrole nitrogens is 1. The lowest BCUT2D eigenvalue weighted by atomic mass is 10.3. The van der Waals surface area contributed by atoms with E-state index in [-0.39, 0.29) is 0 Å². The highest BCUT2D eigenvalue weighted by molar-refractivity contribution is 5.62. The first-order valence-electron chi connectivity index (χ1n) is 4.58. The fourth-order valence-electron chi connectivity index (χ4n) is 1.60. The molecule has 0 amide bonds. The molecule has 5 nitrogen and oxygen atoms in total. The molecule has 3 N–H and O–H groups in total. The summed E-state index contributed by atoms with van der Waals surface area (Å²) in [5, 5.41) is 6.76. The number of imidazole rings is 1. The van der Waals surface area contributed by atoms with Crippen LogP contribution < -0.4 is 5.73 Å². The average Bonchev–Trinajstić information content (AvgIpc) is 2.83. The Kier molecular flexibility index (Phi) is 1.53. The molecule has 3 rings (SSSR count). The van der Waals surface area contributed by atoms with Gasteiger partial charge >= 0.3 is 0 Å². The predicted octanol–water partition coefficient (Wildman–Crippen LogP) is 1.31. The van der Waals surface area contributed by atoms with Crippen molar-refractivity contribution in [3.8, 4) is 11.4 Å². The first kappa shape index (κ1) is 8.05. The Hall–Kier alpha value is -2.30. The van der Waals surface area contributed by atoms with Crippen molar-refractivity contribution >= 4 is 11.5 Å². The van der Waals surface area contributed by atoms with Crippen molar-refractivity contribution in [2.45, 2.75) is 0 Å². The van der Waals surface area contributed by atoms with E-state index in [0.29, 0.717) is 5.82 Å². The molecular weight excluding hydrogens is 190 g/mol. The van der Waals surface area contributed by atoms with Crippen LogP contribution in [-0.4, -0.2) is 19.6 Å². The molecular formula is C10H9N5. The van der Waals surface area contributed by atoms with E-state index in [9.17, 15) is 0 Å². The lowest BCUT2D eigenvalue weighted by molar-refractivity contribution is 1.08. The molecule has 0 atom stereocenters. The molecule has 0 radical (unpaired) electrons. The average molecular weight is 199 g/mol. The molecule has 74 valence electrons. The van der Waals surface area contributed by atoms with Crippen molar-refractivity contribution in [3.05, 3.63) is 36.7 Å². The Labute approximate surface area is 85.6 Å². The van der Waals surface area contributed by atoms with Crippen LogP contribution in [0.1, 0.15) is 0 Å². The van der Waals surface area contributed by atoms with E-state index in [0.717, 1.165) is 17.0 Å². The van der Waals surface area contributed by atoms with Gasteiger partial charge in [-0.15, -0.1) is 0 Å². The third-order valence-corrected chi connectivity index (χ3v) is 2.29. The van der Waals surface area contributed by atoms with Gasteiger partial charge in [-0.3, -0.25) is 9.50 Å². The zero-order valence-electron chi connectivity index (χ0n) is 7.88. The second-order valence-corrected chi connectivity index (χ2v) is 3.28. The lowest BCUT2D eigenvalue weighted by Gasteiger charge is -1.96. The molecule has 0 fully saturated rings. The first-order valence-corrected chi connectivity index (χ1v) is 4.58. The van der Waals surface area contributed by atoms with Gasteiger partial charge in [0.15, 0.2) is 0 Å². The summed E-state index contributed by atoms with van der Waals surface area (Å²) in [6, 6.07) is 7.64. The lowest BCUT2D eigenvalue weighted by Crippen LogP contribution is -1.86. The maximum Gasteiger partial charge on any atom is 0.145 e. The van der Waals surface area contributed by atoms with Crippen molar-refractivity contribution < 1.29 is 0 Å². The minimum Gasteiger partial charge on any atom is -0.382 e. The monoisotopic (exact) mass is 199 g/mol. The number of fused-ring (bicyclic) bond motifs is 1. The summed E-state index contributed by atoms with van der Waals surface area (Å²) in [4.78, 5) is 4.28. The van der Waals surface area contributed by atoms with Gasteiger partial charge in [-0.25, -0.2) is 4.98 Å². The number of hydrogen-bond acceptors (Lipinski definition) is 3.